The number of aromatic nitrogens is 1. The predicted molar refractivity (Wildman–Crippen MR) is 68.4 cm³/mol. The zero-order chi connectivity index (χ0) is 12.0. The predicted octanol–water partition coefficient (Wildman–Crippen LogP) is 0.746. The number of nitrogens with one attached hydrogen (secondary N) is 1. The minimum absolute atomic E-state index is 0.453. The highest BCUT2D eigenvalue weighted by atomic mass is 15.1. The van der Waals surface area contributed by atoms with E-state index in [0.29, 0.717) is 11.9 Å². The van der Waals surface area contributed by atoms with Gasteiger partial charge in [0.15, 0.2) is 0 Å². The summed E-state index contributed by atoms with van der Waals surface area (Å²) in [6.45, 7) is 1.08. The molecule has 1 atom stereocenters. The average molecular weight is 222 g/mol. The first-order valence-corrected chi connectivity index (χ1v) is 5.65. The van der Waals surface area contributed by atoms with Crippen LogP contribution in [0.15, 0.2) is 18.3 Å². The average Bonchev–Trinajstić information content (AvgIpc) is 2.26. The van der Waals surface area contributed by atoms with Crippen molar-refractivity contribution in [1.82, 2.24) is 15.2 Å². The van der Waals surface area contributed by atoms with Gasteiger partial charge in [-0.2, -0.15) is 0 Å². The van der Waals surface area contributed by atoms with Crippen LogP contribution in [-0.2, 0) is 6.42 Å². The van der Waals surface area contributed by atoms with Gasteiger partial charge >= 0.3 is 0 Å². The van der Waals surface area contributed by atoms with E-state index in [4.69, 9.17) is 5.73 Å². The summed E-state index contributed by atoms with van der Waals surface area (Å²) >= 11 is 0. The number of anilines is 1. The second-order valence-corrected chi connectivity index (χ2v) is 4.33. The van der Waals surface area contributed by atoms with E-state index in [2.05, 4.69) is 29.3 Å². The molecule has 1 aromatic heterocycles. The van der Waals surface area contributed by atoms with Gasteiger partial charge in [-0.1, -0.05) is 6.07 Å². The molecule has 0 radical (unpaired) electrons. The third kappa shape index (κ3) is 4.16. The van der Waals surface area contributed by atoms with Gasteiger partial charge in [0, 0.05) is 12.2 Å². The Bertz CT molecular complexity index is 312. The molecule has 0 bridgehead atoms. The van der Waals surface area contributed by atoms with Crippen LogP contribution in [-0.4, -0.2) is 43.6 Å². The van der Waals surface area contributed by atoms with E-state index in [9.17, 15) is 0 Å². The van der Waals surface area contributed by atoms with Crippen LogP contribution in [0.4, 0.5) is 5.82 Å². The fourth-order valence-electron chi connectivity index (χ4n) is 1.65. The van der Waals surface area contributed by atoms with Crippen molar-refractivity contribution in [2.75, 3.05) is 33.4 Å². The molecule has 0 saturated carbocycles. The number of hydrogen-bond donors (Lipinski definition) is 2. The topological polar surface area (TPSA) is 54.2 Å². The third-order valence-electron chi connectivity index (χ3n) is 2.73. The first-order valence-electron chi connectivity index (χ1n) is 5.65. The quantitative estimate of drug-likeness (QED) is 0.745. The molecular formula is C12H22N4. The van der Waals surface area contributed by atoms with Gasteiger partial charge in [-0.3, -0.25) is 0 Å². The largest absolute Gasteiger partial charge is 0.383 e. The van der Waals surface area contributed by atoms with Crippen LogP contribution < -0.4 is 11.1 Å². The molecule has 0 aliphatic heterocycles. The highest BCUT2D eigenvalue weighted by Gasteiger charge is 2.09. The molecule has 0 aliphatic rings. The normalized spacial score (nSPS) is 13.0. The Hall–Kier alpha value is -1.13. The van der Waals surface area contributed by atoms with Crippen molar-refractivity contribution >= 4 is 5.82 Å². The summed E-state index contributed by atoms with van der Waals surface area (Å²) in [7, 11) is 6.17. The van der Waals surface area contributed by atoms with E-state index < -0.39 is 0 Å². The summed E-state index contributed by atoms with van der Waals surface area (Å²) in [6.07, 6.45) is 3.77. The first kappa shape index (κ1) is 12.9. The monoisotopic (exact) mass is 222 g/mol. The maximum Gasteiger partial charge on any atom is 0.126 e. The molecule has 3 N–H and O–H groups in total. The number of nitrogens with zero attached hydrogens (tertiary/aromatic N) is 2. The molecule has 4 heteroatoms. The SMILES string of the molecule is CNC(CCN(C)C)Cc1cccnc1N. The van der Waals surface area contributed by atoms with Gasteiger partial charge in [-0.25, -0.2) is 4.98 Å². The van der Waals surface area contributed by atoms with Crippen molar-refractivity contribution in [3.8, 4) is 0 Å². The van der Waals surface area contributed by atoms with Crippen molar-refractivity contribution in [3.63, 3.8) is 0 Å². The summed E-state index contributed by atoms with van der Waals surface area (Å²) in [6, 6.07) is 4.43. The minimum Gasteiger partial charge on any atom is -0.383 e. The van der Waals surface area contributed by atoms with Crippen molar-refractivity contribution in [1.29, 1.82) is 0 Å². The van der Waals surface area contributed by atoms with Gasteiger partial charge < -0.3 is 16.0 Å². The Labute approximate surface area is 97.9 Å². The Balaban J connectivity index is 2.53. The molecular weight excluding hydrogens is 200 g/mol. The lowest BCUT2D eigenvalue weighted by Gasteiger charge is -2.19. The Morgan fingerprint density at radius 2 is 2.25 bits per heavy atom. The highest BCUT2D eigenvalue weighted by molar-refractivity contribution is 5.38. The molecule has 1 unspecified atom stereocenters. The van der Waals surface area contributed by atoms with E-state index in [1.165, 1.54) is 0 Å². The number of hydrogen-bond acceptors (Lipinski definition) is 4. The number of likely N-dealkylation sites (N-methyl/N-ethyl adjacent to an activating group) is 1. The van der Waals surface area contributed by atoms with E-state index in [1.54, 1.807) is 6.20 Å². The smallest absolute Gasteiger partial charge is 0.126 e. The Kier molecular flexibility index (Phi) is 5.22. The molecule has 16 heavy (non-hydrogen) atoms. The van der Waals surface area contributed by atoms with Gasteiger partial charge in [0.1, 0.15) is 5.82 Å². The molecule has 0 saturated heterocycles. The van der Waals surface area contributed by atoms with Crippen LogP contribution in [0.5, 0.6) is 0 Å². The molecule has 1 heterocycles. The molecule has 0 aliphatic carbocycles. The third-order valence-corrected chi connectivity index (χ3v) is 2.73. The zero-order valence-corrected chi connectivity index (χ0v) is 10.4. The van der Waals surface area contributed by atoms with Crippen molar-refractivity contribution in [2.24, 2.45) is 0 Å². The van der Waals surface area contributed by atoms with Crippen LogP contribution >= 0.6 is 0 Å². The number of pyridine rings is 1. The lowest BCUT2D eigenvalue weighted by molar-refractivity contribution is 0.364. The highest BCUT2D eigenvalue weighted by Crippen LogP contribution is 2.11. The van der Waals surface area contributed by atoms with Gasteiger partial charge in [-0.15, -0.1) is 0 Å². The van der Waals surface area contributed by atoms with Gasteiger partial charge in [0.25, 0.3) is 0 Å². The van der Waals surface area contributed by atoms with Crippen LogP contribution in [0.25, 0.3) is 0 Å². The Morgan fingerprint density at radius 3 is 2.81 bits per heavy atom. The number of nitrogens with two attached hydrogens (primary N) is 1. The fraction of sp³-hybridized carbons (Fsp3) is 0.583. The summed E-state index contributed by atoms with van der Waals surface area (Å²) in [5.74, 6) is 0.646. The van der Waals surface area contributed by atoms with Crippen LogP contribution in [0.2, 0.25) is 0 Å². The number of rotatable bonds is 6. The minimum atomic E-state index is 0.453. The lowest BCUT2D eigenvalue weighted by Crippen LogP contribution is -2.31. The second kappa shape index (κ2) is 6.45. The molecule has 1 aromatic rings. The van der Waals surface area contributed by atoms with E-state index in [1.807, 2.05) is 19.2 Å². The molecule has 0 amide bonds. The van der Waals surface area contributed by atoms with Crippen LogP contribution in [0, 0.1) is 0 Å². The zero-order valence-electron chi connectivity index (χ0n) is 10.4. The summed E-state index contributed by atoms with van der Waals surface area (Å²) < 4.78 is 0. The standard InChI is InChI=1S/C12H22N4/c1-14-11(6-8-16(2)3)9-10-5-4-7-15-12(10)13/h4-5,7,11,14H,6,8-9H2,1-3H3,(H2,13,15). The second-order valence-electron chi connectivity index (χ2n) is 4.33. The van der Waals surface area contributed by atoms with E-state index in [-0.39, 0.29) is 0 Å². The molecule has 0 aromatic carbocycles. The van der Waals surface area contributed by atoms with E-state index in [0.717, 1.165) is 24.9 Å². The van der Waals surface area contributed by atoms with Crippen LogP contribution in [0.1, 0.15) is 12.0 Å². The lowest BCUT2D eigenvalue weighted by atomic mass is 10.0. The molecule has 90 valence electrons. The van der Waals surface area contributed by atoms with Crippen molar-refractivity contribution < 1.29 is 0 Å². The summed E-state index contributed by atoms with van der Waals surface area (Å²) in [5.41, 5.74) is 6.96. The molecule has 4 nitrogen and oxygen atoms in total. The van der Waals surface area contributed by atoms with Gasteiger partial charge in [0.05, 0.1) is 0 Å². The van der Waals surface area contributed by atoms with Gasteiger partial charge in [-0.05, 0) is 52.2 Å². The maximum absolute atomic E-state index is 5.83. The molecule has 0 spiro atoms. The van der Waals surface area contributed by atoms with Crippen molar-refractivity contribution in [3.05, 3.63) is 23.9 Å². The van der Waals surface area contributed by atoms with E-state index >= 15 is 0 Å². The first-order chi connectivity index (χ1) is 7.63. The molecule has 0 fully saturated rings. The summed E-state index contributed by atoms with van der Waals surface area (Å²) in [5, 5.41) is 3.32. The van der Waals surface area contributed by atoms with Crippen LogP contribution in [0.3, 0.4) is 0 Å². The maximum atomic E-state index is 5.83. The van der Waals surface area contributed by atoms with Gasteiger partial charge in [0.2, 0.25) is 0 Å². The summed E-state index contributed by atoms with van der Waals surface area (Å²) in [4.78, 5) is 6.29. The Morgan fingerprint density at radius 1 is 1.50 bits per heavy atom. The fourth-order valence-corrected chi connectivity index (χ4v) is 1.65. The van der Waals surface area contributed by atoms with Crippen molar-refractivity contribution in [2.45, 2.75) is 18.9 Å². The molecule has 1 rings (SSSR count). The number of nitrogen functional groups attached to an aromatic ring is 1.